The van der Waals surface area contributed by atoms with Crippen LogP contribution < -0.4 is 21.7 Å². The molecule has 0 saturated carbocycles. The highest BCUT2D eigenvalue weighted by Gasteiger charge is 2.52. The number of nitrogen functional groups attached to an aromatic ring is 1. The molecule has 0 aliphatic carbocycles. The molecule has 4 amide bonds. The molecule has 1 fully saturated rings. The normalized spacial score (nSPS) is 19.7. The number of primary amides is 1. The molecule has 5 N–H and O–H groups in total. The molecule has 3 heterocycles. The third-order valence-electron chi connectivity index (χ3n) is 7.13. The van der Waals surface area contributed by atoms with Crippen molar-refractivity contribution in [1.29, 1.82) is 0 Å². The van der Waals surface area contributed by atoms with E-state index in [-0.39, 0.29) is 28.1 Å². The number of halogens is 4. The molecule has 0 radical (unpaired) electrons. The molecule has 0 bridgehead atoms. The summed E-state index contributed by atoms with van der Waals surface area (Å²) < 4.78 is 28.2. The summed E-state index contributed by atoms with van der Waals surface area (Å²) in [5, 5.41) is 2.95. The molecule has 0 spiro atoms. The summed E-state index contributed by atoms with van der Waals surface area (Å²) >= 11 is 12.4. The summed E-state index contributed by atoms with van der Waals surface area (Å²) in [6.45, 7) is -0.0667. The van der Waals surface area contributed by atoms with Gasteiger partial charge in [0.2, 0.25) is 17.8 Å². The highest BCUT2D eigenvalue weighted by atomic mass is 35.5. The quantitative estimate of drug-likeness (QED) is 0.329. The van der Waals surface area contributed by atoms with E-state index >= 15 is 0 Å². The predicted octanol–water partition coefficient (Wildman–Crippen LogP) is 2.86. The Labute approximate surface area is 248 Å². The molecule has 1 aromatic heterocycles. The minimum atomic E-state index is -3.06. The number of fused-ring (bicyclic) bond motifs is 1. The number of likely N-dealkylation sites (tertiary alicyclic amines) is 1. The van der Waals surface area contributed by atoms with E-state index in [9.17, 15) is 28.0 Å². The first-order valence-corrected chi connectivity index (χ1v) is 13.4. The fourth-order valence-corrected chi connectivity index (χ4v) is 5.70. The Morgan fingerprint density at radius 1 is 1.10 bits per heavy atom. The maximum Gasteiger partial charge on any atom is 0.282 e. The summed E-state index contributed by atoms with van der Waals surface area (Å²) in [4.78, 5) is 58.8. The van der Waals surface area contributed by atoms with Gasteiger partial charge >= 0.3 is 0 Å². The number of alkyl halides is 2. The first kappa shape index (κ1) is 29.3. The molecular formula is C27H25Cl2F2N7O4. The van der Waals surface area contributed by atoms with Gasteiger partial charge < -0.3 is 21.7 Å². The van der Waals surface area contributed by atoms with Crippen molar-refractivity contribution >= 4 is 64.2 Å². The summed E-state index contributed by atoms with van der Waals surface area (Å²) in [6.07, 6.45) is 0.691. The zero-order chi connectivity index (χ0) is 30.6. The average Bonchev–Trinajstić information content (AvgIpc) is 3.40. The molecule has 2 aliphatic heterocycles. The Morgan fingerprint density at radius 3 is 2.29 bits per heavy atom. The van der Waals surface area contributed by atoms with Gasteiger partial charge in [-0.1, -0.05) is 35.3 Å². The zero-order valence-corrected chi connectivity index (χ0v) is 23.6. The van der Waals surface area contributed by atoms with E-state index in [0.717, 1.165) is 10.5 Å². The largest absolute Gasteiger partial charge is 0.399 e. The average molecular weight is 620 g/mol. The predicted molar refractivity (Wildman–Crippen MR) is 151 cm³/mol. The molecule has 220 valence electrons. The van der Waals surface area contributed by atoms with Gasteiger partial charge in [-0.25, -0.2) is 18.7 Å². The van der Waals surface area contributed by atoms with Crippen LogP contribution in [0.15, 0.2) is 48.7 Å². The fourth-order valence-electron chi connectivity index (χ4n) is 5.18. The lowest BCUT2D eigenvalue weighted by atomic mass is 9.91. The molecular weight excluding hydrogens is 595 g/mol. The maximum absolute atomic E-state index is 14.1. The number of carbonyl (C=O) groups is 4. The second-order valence-electron chi connectivity index (χ2n) is 10.5. The third kappa shape index (κ3) is 5.37. The van der Waals surface area contributed by atoms with Crippen molar-refractivity contribution in [2.24, 2.45) is 5.73 Å². The van der Waals surface area contributed by atoms with Gasteiger partial charge in [0.15, 0.2) is 0 Å². The summed E-state index contributed by atoms with van der Waals surface area (Å²) in [7, 11) is 0. The summed E-state index contributed by atoms with van der Waals surface area (Å²) in [5.74, 6) is -6.12. The molecule has 3 aromatic rings. The van der Waals surface area contributed by atoms with Crippen LogP contribution in [-0.2, 0) is 26.3 Å². The van der Waals surface area contributed by atoms with Gasteiger partial charge in [0.05, 0.1) is 31.4 Å². The highest BCUT2D eigenvalue weighted by molar-refractivity contribution is 6.35. The SMILES string of the molecule is C[C@@]1(Cc2ccc(N)cc2)C(=O)N(c2cc(Cl)cc(Cl)c2)c2ncc(C(=O)N[C@H](CC(N)=O)C(=O)N3CC(F)(F)C3)n21. The highest BCUT2D eigenvalue weighted by Crippen LogP contribution is 2.43. The smallest absolute Gasteiger partial charge is 0.282 e. The van der Waals surface area contributed by atoms with Gasteiger partial charge in [0.25, 0.3) is 17.7 Å². The van der Waals surface area contributed by atoms with Crippen LogP contribution in [-0.4, -0.2) is 63.1 Å². The molecule has 2 atom stereocenters. The van der Waals surface area contributed by atoms with Gasteiger partial charge in [-0.15, -0.1) is 0 Å². The number of carbonyl (C=O) groups excluding carboxylic acids is 4. The number of nitrogens with two attached hydrogens (primary N) is 2. The van der Waals surface area contributed by atoms with E-state index < -0.39 is 60.6 Å². The van der Waals surface area contributed by atoms with Gasteiger partial charge in [-0.2, -0.15) is 0 Å². The first-order chi connectivity index (χ1) is 19.7. The minimum Gasteiger partial charge on any atom is -0.399 e. The van der Waals surface area contributed by atoms with Crippen LogP contribution in [0.5, 0.6) is 0 Å². The molecule has 2 aromatic carbocycles. The molecule has 11 nitrogen and oxygen atoms in total. The second kappa shape index (κ2) is 10.6. The molecule has 42 heavy (non-hydrogen) atoms. The molecule has 15 heteroatoms. The first-order valence-electron chi connectivity index (χ1n) is 12.7. The maximum atomic E-state index is 14.1. The number of nitrogens with one attached hydrogen (secondary N) is 1. The van der Waals surface area contributed by atoms with Crippen molar-refractivity contribution in [3.63, 3.8) is 0 Å². The Bertz CT molecular complexity index is 1590. The lowest BCUT2D eigenvalue weighted by Gasteiger charge is -2.40. The van der Waals surface area contributed by atoms with Crippen molar-refractivity contribution in [3.8, 4) is 0 Å². The monoisotopic (exact) mass is 619 g/mol. The lowest BCUT2D eigenvalue weighted by Crippen LogP contribution is -2.63. The van der Waals surface area contributed by atoms with Gasteiger partial charge in [-0.3, -0.25) is 23.7 Å². The van der Waals surface area contributed by atoms with Crippen LogP contribution in [0.25, 0.3) is 0 Å². The Kier molecular flexibility index (Phi) is 7.35. The van der Waals surface area contributed by atoms with Crippen LogP contribution in [0.1, 0.15) is 29.4 Å². The zero-order valence-electron chi connectivity index (χ0n) is 22.1. The Hall–Kier alpha value is -4.23. The lowest BCUT2D eigenvalue weighted by molar-refractivity contribution is -0.167. The molecule has 2 aliphatic rings. The fraction of sp³-hybridized carbons (Fsp3) is 0.296. The van der Waals surface area contributed by atoms with E-state index in [1.165, 1.54) is 33.9 Å². The van der Waals surface area contributed by atoms with Crippen molar-refractivity contribution in [1.82, 2.24) is 19.8 Å². The Balaban J connectivity index is 1.54. The van der Waals surface area contributed by atoms with Crippen LogP contribution in [0.3, 0.4) is 0 Å². The van der Waals surface area contributed by atoms with E-state index in [1.54, 1.807) is 31.2 Å². The van der Waals surface area contributed by atoms with Gasteiger partial charge in [-0.05, 0) is 42.8 Å². The number of hydrogen-bond donors (Lipinski definition) is 3. The number of hydrogen-bond acceptors (Lipinski definition) is 6. The van der Waals surface area contributed by atoms with E-state index in [2.05, 4.69) is 10.3 Å². The summed E-state index contributed by atoms with van der Waals surface area (Å²) in [5.41, 5.74) is 11.1. The number of rotatable bonds is 8. The number of imidazole rings is 1. The van der Waals surface area contributed by atoms with Crippen molar-refractivity contribution < 1.29 is 28.0 Å². The summed E-state index contributed by atoms with van der Waals surface area (Å²) in [6, 6.07) is 9.85. The number of aromatic nitrogens is 2. The number of nitrogens with zero attached hydrogens (tertiary/aromatic N) is 4. The third-order valence-corrected chi connectivity index (χ3v) is 7.57. The van der Waals surface area contributed by atoms with Crippen LogP contribution >= 0.6 is 23.2 Å². The number of anilines is 3. The van der Waals surface area contributed by atoms with Crippen molar-refractivity contribution in [3.05, 3.63) is 70.0 Å². The van der Waals surface area contributed by atoms with Crippen molar-refractivity contribution in [2.75, 3.05) is 23.7 Å². The topological polar surface area (TPSA) is 157 Å². The van der Waals surface area contributed by atoms with Crippen LogP contribution in [0.4, 0.5) is 26.1 Å². The molecule has 1 saturated heterocycles. The Morgan fingerprint density at radius 2 is 1.71 bits per heavy atom. The van der Waals surface area contributed by atoms with Crippen LogP contribution in [0, 0.1) is 0 Å². The van der Waals surface area contributed by atoms with Crippen LogP contribution in [0.2, 0.25) is 10.0 Å². The van der Waals surface area contributed by atoms with Gasteiger partial charge in [0, 0.05) is 22.2 Å². The number of amides is 4. The van der Waals surface area contributed by atoms with E-state index in [4.69, 9.17) is 34.7 Å². The second-order valence-corrected chi connectivity index (χ2v) is 11.4. The minimum absolute atomic E-state index is 0.0709. The number of benzene rings is 2. The molecule has 0 unspecified atom stereocenters. The van der Waals surface area contributed by atoms with E-state index in [1.807, 2.05) is 0 Å². The van der Waals surface area contributed by atoms with Crippen molar-refractivity contribution in [2.45, 2.75) is 37.3 Å². The van der Waals surface area contributed by atoms with E-state index in [0.29, 0.717) is 11.4 Å². The standard InChI is InChI=1S/C27H25Cl2F2N7O4/c1-26(10-14-2-4-17(32)5-3-14)24(42)37(18-7-15(28)6-16(29)8-18)25-34-11-20(38(25)26)22(40)35-19(9-21(33)39)23(41)36-12-27(30,31)13-36/h2-8,11,19H,9-10,12-13,32H2,1H3,(H2,33,39)(H,35,40)/t19-,26-/m1/s1. The van der Waals surface area contributed by atoms with Gasteiger partial charge in [0.1, 0.15) is 17.3 Å². The molecule has 5 rings (SSSR count).